The van der Waals surface area contributed by atoms with E-state index in [0.717, 1.165) is 25.7 Å². The Hall–Kier alpha value is -1.92. The maximum atomic E-state index is 12.5. The van der Waals surface area contributed by atoms with Gasteiger partial charge in [0.05, 0.1) is 25.4 Å². The van der Waals surface area contributed by atoms with Gasteiger partial charge in [0.1, 0.15) is 11.6 Å². The van der Waals surface area contributed by atoms with E-state index >= 15 is 0 Å². The zero-order chi connectivity index (χ0) is 21.6. The van der Waals surface area contributed by atoms with Gasteiger partial charge < -0.3 is 14.2 Å². The molecular formula is C24H35NO5. The van der Waals surface area contributed by atoms with Crippen molar-refractivity contribution in [3.05, 3.63) is 35.9 Å². The Bertz CT molecular complexity index is 691. The van der Waals surface area contributed by atoms with Crippen LogP contribution in [0.3, 0.4) is 0 Å². The van der Waals surface area contributed by atoms with Crippen LogP contribution < -0.4 is 0 Å². The summed E-state index contributed by atoms with van der Waals surface area (Å²) < 4.78 is 17.6. The van der Waals surface area contributed by atoms with Crippen LogP contribution in [0.5, 0.6) is 0 Å². The maximum absolute atomic E-state index is 12.5. The number of hydrogen-bond donors (Lipinski definition) is 0. The van der Waals surface area contributed by atoms with Crippen LogP contribution in [0, 0.1) is 0 Å². The van der Waals surface area contributed by atoms with Gasteiger partial charge in [0, 0.05) is 13.0 Å². The summed E-state index contributed by atoms with van der Waals surface area (Å²) in [5.74, 6) is 0.0620. The number of hydrogen-bond acceptors (Lipinski definition) is 5. The number of ether oxygens (including phenoxy) is 3. The Balaban J connectivity index is 1.43. The van der Waals surface area contributed by atoms with Crippen LogP contribution in [-0.4, -0.2) is 53.8 Å². The molecular weight excluding hydrogens is 382 g/mol. The van der Waals surface area contributed by atoms with Crippen LogP contribution >= 0.6 is 0 Å². The maximum Gasteiger partial charge on any atom is 0.410 e. The lowest BCUT2D eigenvalue weighted by molar-refractivity contribution is -0.131. The lowest BCUT2D eigenvalue weighted by Gasteiger charge is -2.37. The zero-order valence-electron chi connectivity index (χ0n) is 18.5. The summed E-state index contributed by atoms with van der Waals surface area (Å²) in [5, 5.41) is 0. The van der Waals surface area contributed by atoms with Crippen molar-refractivity contribution in [2.45, 2.75) is 89.8 Å². The third-order valence-corrected chi connectivity index (χ3v) is 5.64. The topological polar surface area (TPSA) is 65.1 Å². The molecule has 1 saturated carbocycles. The summed E-state index contributed by atoms with van der Waals surface area (Å²) >= 11 is 0. The van der Waals surface area contributed by atoms with Crippen LogP contribution in [0.4, 0.5) is 4.79 Å². The number of piperidine rings is 1. The van der Waals surface area contributed by atoms with Crippen molar-refractivity contribution in [3.8, 4) is 0 Å². The summed E-state index contributed by atoms with van der Waals surface area (Å²) in [5.41, 5.74) is 0.607. The smallest absolute Gasteiger partial charge is 0.410 e. The van der Waals surface area contributed by atoms with Crippen LogP contribution in [0.25, 0.3) is 0 Å². The first-order valence-electron chi connectivity index (χ1n) is 11.1. The number of ketones is 1. The number of amides is 1. The van der Waals surface area contributed by atoms with Crippen molar-refractivity contribution in [1.29, 1.82) is 0 Å². The monoisotopic (exact) mass is 417 g/mol. The van der Waals surface area contributed by atoms with Crippen LogP contribution in [-0.2, 0) is 25.6 Å². The van der Waals surface area contributed by atoms with Gasteiger partial charge in [0.15, 0.2) is 5.78 Å². The predicted molar refractivity (Wildman–Crippen MR) is 114 cm³/mol. The van der Waals surface area contributed by atoms with E-state index in [1.807, 2.05) is 39.0 Å². The largest absolute Gasteiger partial charge is 0.444 e. The Morgan fingerprint density at radius 3 is 2.30 bits per heavy atom. The van der Waals surface area contributed by atoms with Gasteiger partial charge in [-0.2, -0.15) is 0 Å². The van der Waals surface area contributed by atoms with E-state index < -0.39 is 17.7 Å². The molecule has 0 bridgehead atoms. The van der Waals surface area contributed by atoms with E-state index in [1.54, 1.807) is 4.90 Å². The van der Waals surface area contributed by atoms with Gasteiger partial charge in [-0.05, 0) is 58.4 Å². The predicted octanol–water partition coefficient (Wildman–Crippen LogP) is 4.50. The van der Waals surface area contributed by atoms with Crippen molar-refractivity contribution in [1.82, 2.24) is 4.90 Å². The molecule has 1 unspecified atom stereocenters. The van der Waals surface area contributed by atoms with Gasteiger partial charge >= 0.3 is 6.09 Å². The van der Waals surface area contributed by atoms with E-state index in [9.17, 15) is 9.59 Å². The molecule has 30 heavy (non-hydrogen) atoms. The number of benzene rings is 1. The summed E-state index contributed by atoms with van der Waals surface area (Å²) in [6.07, 6.45) is 4.82. The Kier molecular flexibility index (Phi) is 7.89. The highest BCUT2D eigenvalue weighted by Gasteiger charge is 2.36. The van der Waals surface area contributed by atoms with Gasteiger partial charge in [-0.1, -0.05) is 30.3 Å². The van der Waals surface area contributed by atoms with E-state index in [2.05, 4.69) is 12.1 Å². The molecule has 0 spiro atoms. The fourth-order valence-electron chi connectivity index (χ4n) is 4.02. The first-order valence-corrected chi connectivity index (χ1v) is 11.1. The van der Waals surface area contributed by atoms with Crippen molar-refractivity contribution >= 4 is 11.9 Å². The first kappa shape index (κ1) is 22.8. The molecule has 1 atom stereocenters. The van der Waals surface area contributed by atoms with E-state index in [0.29, 0.717) is 26.0 Å². The minimum absolute atomic E-state index is 0.0620. The lowest BCUT2D eigenvalue weighted by atomic mass is 9.94. The molecule has 6 heteroatoms. The molecule has 1 aromatic carbocycles. The number of likely N-dealkylation sites (tertiary alicyclic amines) is 1. The molecule has 3 rings (SSSR count). The molecule has 2 aliphatic rings. The molecule has 1 aliphatic heterocycles. The Morgan fingerprint density at radius 2 is 1.67 bits per heavy atom. The Morgan fingerprint density at radius 1 is 1.03 bits per heavy atom. The molecule has 6 nitrogen and oxygen atoms in total. The summed E-state index contributed by atoms with van der Waals surface area (Å²) in [6.45, 7) is 6.92. The number of carbonyl (C=O) groups is 2. The normalized spacial score (nSPS) is 25.2. The SMILES string of the molecule is CC(C)(C)OC(=O)N1CCCC(=O)C1COC1CCC(OCc2ccccc2)CC1. The van der Waals surface area contributed by atoms with Gasteiger partial charge in [-0.15, -0.1) is 0 Å². The second-order valence-electron chi connectivity index (χ2n) is 9.29. The highest BCUT2D eigenvalue weighted by atomic mass is 16.6. The van der Waals surface area contributed by atoms with E-state index in [1.165, 1.54) is 5.56 Å². The minimum Gasteiger partial charge on any atom is -0.444 e. The van der Waals surface area contributed by atoms with Gasteiger partial charge in [-0.3, -0.25) is 9.69 Å². The van der Waals surface area contributed by atoms with Gasteiger partial charge in [-0.25, -0.2) is 4.79 Å². The Labute approximate surface area is 179 Å². The fourth-order valence-corrected chi connectivity index (χ4v) is 4.02. The zero-order valence-corrected chi connectivity index (χ0v) is 18.5. The second kappa shape index (κ2) is 10.4. The number of carbonyl (C=O) groups excluding carboxylic acids is 2. The fraction of sp³-hybridized carbons (Fsp3) is 0.667. The molecule has 1 amide bonds. The summed E-state index contributed by atoms with van der Waals surface area (Å²) in [4.78, 5) is 26.5. The van der Waals surface area contributed by atoms with E-state index in [-0.39, 0.29) is 24.6 Å². The highest BCUT2D eigenvalue weighted by Crippen LogP contribution is 2.26. The first-order chi connectivity index (χ1) is 14.3. The molecule has 0 N–H and O–H groups in total. The van der Waals surface area contributed by atoms with Crippen molar-refractivity contribution < 1.29 is 23.8 Å². The number of nitrogens with zero attached hydrogens (tertiary/aromatic N) is 1. The van der Waals surface area contributed by atoms with Crippen molar-refractivity contribution in [3.63, 3.8) is 0 Å². The molecule has 1 aliphatic carbocycles. The third-order valence-electron chi connectivity index (χ3n) is 5.64. The average Bonchev–Trinajstić information content (AvgIpc) is 2.71. The molecule has 1 aromatic rings. The van der Waals surface area contributed by atoms with Gasteiger partial charge in [0.25, 0.3) is 0 Å². The van der Waals surface area contributed by atoms with Crippen LogP contribution in [0.1, 0.15) is 64.9 Å². The second-order valence-corrected chi connectivity index (χ2v) is 9.29. The molecule has 0 radical (unpaired) electrons. The molecule has 2 fully saturated rings. The lowest BCUT2D eigenvalue weighted by Crippen LogP contribution is -2.53. The number of rotatable bonds is 6. The van der Waals surface area contributed by atoms with Crippen LogP contribution in [0.15, 0.2) is 30.3 Å². The quantitative estimate of drug-likeness (QED) is 0.682. The van der Waals surface area contributed by atoms with Crippen molar-refractivity contribution in [2.24, 2.45) is 0 Å². The summed E-state index contributed by atoms with van der Waals surface area (Å²) in [7, 11) is 0. The van der Waals surface area contributed by atoms with E-state index in [4.69, 9.17) is 14.2 Å². The third kappa shape index (κ3) is 6.81. The standard InChI is InChI=1S/C24H35NO5/c1-24(2,3)30-23(27)25-15-7-10-22(26)21(25)17-29-20-13-11-19(12-14-20)28-16-18-8-5-4-6-9-18/h4-6,8-9,19-21H,7,10-17H2,1-3H3. The minimum atomic E-state index is -0.582. The molecule has 1 heterocycles. The molecule has 1 saturated heterocycles. The van der Waals surface area contributed by atoms with Gasteiger partial charge in [0.2, 0.25) is 0 Å². The number of Topliss-reactive ketones (excluding diaryl/α,β-unsaturated/α-hetero) is 1. The molecule has 0 aromatic heterocycles. The summed E-state index contributed by atoms with van der Waals surface area (Å²) in [6, 6.07) is 9.67. The average molecular weight is 418 g/mol. The highest BCUT2D eigenvalue weighted by molar-refractivity contribution is 5.88. The van der Waals surface area contributed by atoms with Crippen LogP contribution in [0.2, 0.25) is 0 Å². The van der Waals surface area contributed by atoms with Crippen molar-refractivity contribution in [2.75, 3.05) is 13.2 Å². The molecule has 166 valence electrons.